The average Bonchev–Trinajstić information content (AvgIpc) is 3.26. The highest BCUT2D eigenvalue weighted by atomic mass is 19.1. The van der Waals surface area contributed by atoms with Crippen molar-refractivity contribution < 1.29 is 13.9 Å². The molecular weight excluding hydrogens is 539 g/mol. The van der Waals surface area contributed by atoms with Crippen molar-refractivity contribution in [1.29, 1.82) is 5.53 Å². The Bertz CT molecular complexity index is 1650. The maximum atomic E-state index is 15.6. The number of nitrogens with one attached hydrogen (secondary N) is 4. The van der Waals surface area contributed by atoms with Crippen LogP contribution in [-0.2, 0) is 4.79 Å². The summed E-state index contributed by atoms with van der Waals surface area (Å²) in [7, 11) is 1.74. The predicted molar refractivity (Wildman–Crippen MR) is 159 cm³/mol. The van der Waals surface area contributed by atoms with Gasteiger partial charge in [0.2, 0.25) is 11.9 Å². The number of anilines is 4. The molecule has 216 valence electrons. The van der Waals surface area contributed by atoms with Gasteiger partial charge in [-0.05, 0) is 56.5 Å². The van der Waals surface area contributed by atoms with E-state index in [4.69, 9.17) is 15.3 Å². The van der Waals surface area contributed by atoms with E-state index in [2.05, 4.69) is 47.5 Å². The summed E-state index contributed by atoms with van der Waals surface area (Å²) in [4.78, 5) is 31.7. The number of aromatic nitrogens is 4. The molecule has 1 aliphatic heterocycles. The molecule has 13 heteroatoms. The first kappa shape index (κ1) is 28.3. The van der Waals surface area contributed by atoms with Crippen molar-refractivity contribution in [2.24, 2.45) is 5.11 Å². The van der Waals surface area contributed by atoms with Crippen LogP contribution < -0.4 is 25.6 Å². The Morgan fingerprint density at radius 3 is 2.81 bits per heavy atom. The van der Waals surface area contributed by atoms with Gasteiger partial charge in [-0.15, -0.1) is 0 Å². The van der Waals surface area contributed by atoms with Crippen LogP contribution in [0.2, 0.25) is 0 Å². The van der Waals surface area contributed by atoms with Gasteiger partial charge in [0, 0.05) is 37.8 Å². The van der Waals surface area contributed by atoms with Crippen molar-refractivity contribution in [1.82, 2.24) is 25.3 Å². The summed E-state index contributed by atoms with van der Waals surface area (Å²) in [5.74, 6) is 0.920. The van der Waals surface area contributed by atoms with E-state index >= 15 is 4.39 Å². The van der Waals surface area contributed by atoms with E-state index < -0.39 is 5.82 Å². The highest BCUT2D eigenvalue weighted by molar-refractivity contribution is 5.88. The molecule has 2 aromatic carbocycles. The number of carbonyl (C=O) groups is 1. The van der Waals surface area contributed by atoms with E-state index in [0.29, 0.717) is 57.8 Å². The molecule has 4 aromatic rings. The van der Waals surface area contributed by atoms with Gasteiger partial charge in [-0.2, -0.15) is 5.11 Å². The number of carbonyl (C=O) groups excluding carboxylic acids is 1. The second-order valence-electron chi connectivity index (χ2n) is 9.77. The van der Waals surface area contributed by atoms with Crippen molar-refractivity contribution in [2.75, 3.05) is 35.7 Å². The molecular formula is C29H31FN10O2. The number of fused-ring (bicyclic) bond motifs is 1. The van der Waals surface area contributed by atoms with Crippen LogP contribution in [0, 0.1) is 18.3 Å². The van der Waals surface area contributed by atoms with Crippen LogP contribution in [0.5, 0.6) is 11.5 Å². The number of halogens is 1. The number of amides is 1. The van der Waals surface area contributed by atoms with E-state index in [0.717, 1.165) is 25.8 Å². The second kappa shape index (κ2) is 12.5. The van der Waals surface area contributed by atoms with Gasteiger partial charge in [0.1, 0.15) is 34.5 Å². The third-order valence-corrected chi connectivity index (χ3v) is 7.08. The molecule has 1 fully saturated rings. The largest absolute Gasteiger partial charge is 0.457 e. The molecule has 1 amide bonds. The summed E-state index contributed by atoms with van der Waals surface area (Å²) in [5, 5.41) is 12.5. The maximum absolute atomic E-state index is 15.6. The van der Waals surface area contributed by atoms with E-state index in [1.807, 2.05) is 0 Å². The number of hydrogen-bond acceptors (Lipinski definition) is 11. The van der Waals surface area contributed by atoms with Gasteiger partial charge in [-0.25, -0.2) is 29.9 Å². The predicted octanol–water partition coefficient (Wildman–Crippen LogP) is 5.77. The SMILES string of the molecule is C=CC(=O)NC1CCCN(c2ncc3ncnc(Nc4ccc(Oc5ccc(NC)c(N=N)c5)c(C)c4F)c3n2)CC1. The molecule has 0 saturated carbocycles. The smallest absolute Gasteiger partial charge is 0.243 e. The van der Waals surface area contributed by atoms with Crippen molar-refractivity contribution in [2.45, 2.75) is 32.2 Å². The molecule has 1 saturated heterocycles. The molecule has 1 unspecified atom stereocenters. The quantitative estimate of drug-likeness (QED) is 0.145. The highest BCUT2D eigenvalue weighted by Gasteiger charge is 2.21. The molecule has 0 aliphatic carbocycles. The highest BCUT2D eigenvalue weighted by Crippen LogP contribution is 2.35. The topological polar surface area (TPSA) is 153 Å². The Hall–Kier alpha value is -5.20. The van der Waals surface area contributed by atoms with Crippen LogP contribution in [0.25, 0.3) is 11.0 Å². The fraction of sp³-hybridized carbons (Fsp3) is 0.276. The first-order valence-corrected chi connectivity index (χ1v) is 13.5. The Kier molecular flexibility index (Phi) is 8.46. The lowest BCUT2D eigenvalue weighted by molar-refractivity contribution is -0.117. The van der Waals surface area contributed by atoms with Crippen LogP contribution in [0.3, 0.4) is 0 Å². The first-order chi connectivity index (χ1) is 20.4. The van der Waals surface area contributed by atoms with Gasteiger partial charge in [-0.1, -0.05) is 6.58 Å². The number of benzene rings is 2. The molecule has 2 aromatic heterocycles. The summed E-state index contributed by atoms with van der Waals surface area (Å²) in [6.45, 7) is 6.53. The van der Waals surface area contributed by atoms with E-state index in [9.17, 15) is 4.79 Å². The maximum Gasteiger partial charge on any atom is 0.243 e. The second-order valence-corrected chi connectivity index (χ2v) is 9.77. The van der Waals surface area contributed by atoms with E-state index in [1.54, 1.807) is 50.5 Å². The summed E-state index contributed by atoms with van der Waals surface area (Å²) in [6.07, 6.45) is 6.73. The number of nitrogens with zero attached hydrogens (tertiary/aromatic N) is 6. The normalized spacial score (nSPS) is 15.0. The summed E-state index contributed by atoms with van der Waals surface area (Å²) in [5.41, 5.74) is 9.92. The molecule has 12 nitrogen and oxygen atoms in total. The van der Waals surface area contributed by atoms with Gasteiger partial charge in [0.15, 0.2) is 11.6 Å². The zero-order valence-corrected chi connectivity index (χ0v) is 23.3. The Morgan fingerprint density at radius 2 is 2.02 bits per heavy atom. The molecule has 0 bridgehead atoms. The van der Waals surface area contributed by atoms with Gasteiger partial charge in [0.05, 0.1) is 17.6 Å². The number of ether oxygens (including phenoxy) is 1. The molecule has 0 spiro atoms. The summed E-state index contributed by atoms with van der Waals surface area (Å²) < 4.78 is 21.5. The van der Waals surface area contributed by atoms with Crippen molar-refractivity contribution >= 4 is 45.8 Å². The minimum atomic E-state index is -0.508. The van der Waals surface area contributed by atoms with Gasteiger partial charge < -0.3 is 25.6 Å². The lowest BCUT2D eigenvalue weighted by Gasteiger charge is -2.21. The lowest BCUT2D eigenvalue weighted by Crippen LogP contribution is -2.34. The van der Waals surface area contributed by atoms with Gasteiger partial charge in [-0.3, -0.25) is 4.79 Å². The Balaban J connectivity index is 1.36. The third kappa shape index (κ3) is 6.09. The lowest BCUT2D eigenvalue weighted by atomic mass is 10.1. The van der Waals surface area contributed by atoms with Crippen LogP contribution in [0.1, 0.15) is 24.8 Å². The number of hydrogen-bond donors (Lipinski definition) is 4. The molecule has 3 heterocycles. The van der Waals surface area contributed by atoms with Crippen LogP contribution in [0.4, 0.5) is 33.2 Å². The molecule has 1 aliphatic rings. The molecule has 4 N–H and O–H groups in total. The molecule has 42 heavy (non-hydrogen) atoms. The third-order valence-electron chi connectivity index (χ3n) is 7.08. The fourth-order valence-corrected chi connectivity index (χ4v) is 4.80. The molecule has 0 radical (unpaired) electrons. The summed E-state index contributed by atoms with van der Waals surface area (Å²) in [6, 6.07) is 8.35. The van der Waals surface area contributed by atoms with Crippen LogP contribution in [0.15, 0.2) is 60.6 Å². The van der Waals surface area contributed by atoms with Crippen molar-refractivity contribution in [3.63, 3.8) is 0 Å². The Morgan fingerprint density at radius 1 is 1.19 bits per heavy atom. The zero-order valence-electron chi connectivity index (χ0n) is 23.3. The average molecular weight is 571 g/mol. The van der Waals surface area contributed by atoms with E-state index in [-0.39, 0.29) is 17.6 Å². The monoisotopic (exact) mass is 570 g/mol. The standard InChI is InChI=1S/C29H31FN10O2/c1-4-25(41)36-18-6-5-12-40(13-11-18)29-33-15-23-27(38-29)28(35-16-34-23)37-21-9-10-24(17(2)26(21)30)42-19-7-8-20(32-3)22(14-19)39-31/h4,7-10,14-16,18,31-32H,1,5-6,11-13H2,2-3H3,(H,36,41)(H,34,35,37). The van der Waals surface area contributed by atoms with Crippen molar-refractivity contribution in [3.8, 4) is 11.5 Å². The summed E-state index contributed by atoms with van der Waals surface area (Å²) >= 11 is 0. The van der Waals surface area contributed by atoms with Crippen molar-refractivity contribution in [3.05, 3.63) is 66.9 Å². The fourth-order valence-electron chi connectivity index (χ4n) is 4.80. The zero-order chi connectivity index (χ0) is 29.6. The van der Waals surface area contributed by atoms with Crippen LogP contribution >= 0.6 is 0 Å². The van der Waals surface area contributed by atoms with E-state index in [1.165, 1.54) is 12.4 Å². The number of rotatable bonds is 9. The minimum absolute atomic E-state index is 0.0575. The Labute approximate surface area is 242 Å². The molecule has 5 rings (SSSR count). The van der Waals surface area contributed by atoms with Crippen LogP contribution in [-0.4, -0.2) is 52.0 Å². The van der Waals surface area contributed by atoms with Gasteiger partial charge in [0.25, 0.3) is 0 Å². The minimum Gasteiger partial charge on any atom is -0.457 e. The van der Waals surface area contributed by atoms with Gasteiger partial charge >= 0.3 is 0 Å². The molecule has 1 atom stereocenters. The first-order valence-electron chi connectivity index (χ1n) is 13.5.